The van der Waals surface area contributed by atoms with E-state index in [1.165, 1.54) is 67.6 Å². The van der Waals surface area contributed by atoms with Gasteiger partial charge >= 0.3 is 7.12 Å². The van der Waals surface area contributed by atoms with E-state index in [1.54, 1.807) is 79.0 Å². The Kier molecular flexibility index (Phi) is 15.1. The second-order valence-electron chi connectivity index (χ2n) is 16.2. The van der Waals surface area contributed by atoms with Crippen LogP contribution in [0, 0.1) is 17.4 Å². The zero-order valence-electron chi connectivity index (χ0n) is 37.1. The van der Waals surface area contributed by atoms with Crippen molar-refractivity contribution in [2.75, 3.05) is 26.2 Å². The fraction of sp³-hybridized carbons (Fsp3) is 0.174. The molecule has 2 aliphatic rings. The van der Waals surface area contributed by atoms with E-state index in [0.717, 1.165) is 31.5 Å². The second-order valence-corrected chi connectivity index (χ2v) is 25.7. The molecule has 364 valence electrons. The van der Waals surface area contributed by atoms with Crippen LogP contribution in [0.15, 0.2) is 154 Å². The van der Waals surface area contributed by atoms with Crippen LogP contribution < -0.4 is 5.46 Å². The number of rotatable bonds is 10. The van der Waals surface area contributed by atoms with Gasteiger partial charge in [0.15, 0.2) is 11.3 Å². The first-order valence-corrected chi connectivity index (χ1v) is 28.9. The summed E-state index contributed by atoms with van der Waals surface area (Å²) in [6.45, 7) is 5.96. The molecular weight excluding hydrogens is 1130 g/mol. The quantitative estimate of drug-likeness (QED) is 0.106. The minimum atomic E-state index is -3.93. The van der Waals surface area contributed by atoms with Gasteiger partial charge in [0.25, 0.3) is 20.0 Å². The largest absolute Gasteiger partial charge is 0.488 e. The van der Waals surface area contributed by atoms with Crippen molar-refractivity contribution in [3.8, 4) is 11.1 Å². The molecule has 0 bridgehead atoms. The molecule has 0 spiro atoms. The Morgan fingerprint density at radius 1 is 0.514 bits per heavy atom. The average molecular weight is 1180 g/mol. The Balaban J connectivity index is 0.000000153. The van der Waals surface area contributed by atoms with Gasteiger partial charge in [-0.3, -0.25) is 0 Å². The van der Waals surface area contributed by atoms with Crippen molar-refractivity contribution in [1.82, 2.24) is 26.5 Å². The first kappa shape index (κ1) is 51.6. The molecule has 0 amide bonds. The van der Waals surface area contributed by atoms with Gasteiger partial charge < -0.3 is 10.0 Å². The maximum atomic E-state index is 13.4. The molecule has 2 aliphatic heterocycles. The first-order chi connectivity index (χ1) is 33.1. The number of pyridine rings is 2. The lowest BCUT2D eigenvalue weighted by Crippen LogP contribution is -2.42. The molecule has 8 aromatic rings. The molecule has 2 fully saturated rings. The molecule has 0 saturated carbocycles. The summed E-state index contributed by atoms with van der Waals surface area (Å²) >= 11 is 14.7. The van der Waals surface area contributed by atoms with Crippen LogP contribution in [0.3, 0.4) is 0 Å². The van der Waals surface area contributed by atoms with E-state index in [-0.39, 0.29) is 30.7 Å². The van der Waals surface area contributed by atoms with Crippen molar-refractivity contribution in [2.24, 2.45) is 0 Å². The summed E-state index contributed by atoms with van der Waals surface area (Å²) in [6, 6.07) is 28.5. The maximum absolute atomic E-state index is 13.4. The summed E-state index contributed by atoms with van der Waals surface area (Å²) < 4.78 is 107. The predicted molar refractivity (Wildman–Crippen MR) is 278 cm³/mol. The molecule has 0 atom stereocenters. The zero-order chi connectivity index (χ0) is 50.3. The first-order valence-electron chi connectivity index (χ1n) is 21.3. The van der Waals surface area contributed by atoms with Crippen molar-refractivity contribution in [1.29, 1.82) is 0 Å². The molecule has 4 aromatic heterocycles. The summed E-state index contributed by atoms with van der Waals surface area (Å²) in [5.41, 5.74) is 3.95. The lowest BCUT2D eigenvalue weighted by molar-refractivity contribution is 0.309. The lowest BCUT2D eigenvalue weighted by Gasteiger charge is -2.29. The number of sulfonamides is 2. The van der Waals surface area contributed by atoms with Crippen LogP contribution in [0.5, 0.6) is 0 Å². The highest BCUT2D eigenvalue weighted by atomic mass is 127. The summed E-state index contributed by atoms with van der Waals surface area (Å²) in [5, 5.41) is 19.7. The monoisotopic (exact) mass is 1170 g/mol. The van der Waals surface area contributed by atoms with Crippen LogP contribution >= 0.6 is 45.8 Å². The van der Waals surface area contributed by atoms with Gasteiger partial charge in [-0.25, -0.2) is 51.6 Å². The van der Waals surface area contributed by atoms with Gasteiger partial charge in [-0.05, 0) is 121 Å². The summed E-state index contributed by atoms with van der Waals surface area (Å²) in [6.07, 6.45) is 7.74. The molecule has 10 rings (SSSR count). The molecule has 0 radical (unpaired) electrons. The SMILES string of the molecule is Cc1ccc(S(=O)(=O)n2cc(-c3ccc(S(=O)(=O)N4CCC4)cc3)c3c(Cl)ccnc32)cc1.Cc1ccc(S(=O)(=O)n2cc(I)c3c(Cl)ccnc32)cc1.O=S(=O)(c1ccc(B(O)O)cc1)N1CCC1. The van der Waals surface area contributed by atoms with Crippen LogP contribution in [-0.2, 0) is 40.1 Å². The highest BCUT2D eigenvalue weighted by Crippen LogP contribution is 2.37. The van der Waals surface area contributed by atoms with E-state index in [0.29, 0.717) is 63.8 Å². The molecule has 0 aliphatic carbocycles. The Morgan fingerprint density at radius 2 is 0.886 bits per heavy atom. The van der Waals surface area contributed by atoms with E-state index >= 15 is 0 Å². The summed E-state index contributed by atoms with van der Waals surface area (Å²) in [5.74, 6) is 0. The van der Waals surface area contributed by atoms with Crippen molar-refractivity contribution >= 4 is 121 Å². The van der Waals surface area contributed by atoms with E-state index in [1.807, 2.05) is 13.8 Å². The van der Waals surface area contributed by atoms with Crippen LogP contribution in [0.25, 0.3) is 33.2 Å². The van der Waals surface area contributed by atoms with E-state index in [4.69, 9.17) is 33.2 Å². The van der Waals surface area contributed by atoms with Gasteiger partial charge in [0.1, 0.15) is 0 Å². The molecule has 2 N–H and O–H groups in total. The van der Waals surface area contributed by atoms with Crippen molar-refractivity contribution in [2.45, 2.75) is 46.3 Å². The third kappa shape index (κ3) is 10.2. The van der Waals surface area contributed by atoms with E-state index in [2.05, 4.69) is 32.6 Å². The Morgan fingerprint density at radius 3 is 1.30 bits per heavy atom. The topological polar surface area (TPSA) is 219 Å². The number of fused-ring (bicyclic) bond motifs is 2. The fourth-order valence-corrected chi connectivity index (χ4v) is 14.6. The highest BCUT2D eigenvalue weighted by molar-refractivity contribution is 14.1. The van der Waals surface area contributed by atoms with Gasteiger partial charge in [0.05, 0.1) is 35.0 Å². The molecule has 0 unspecified atom stereocenters. The Bertz CT molecular complexity index is 3710. The van der Waals surface area contributed by atoms with Crippen LogP contribution in [0.4, 0.5) is 0 Å². The van der Waals surface area contributed by atoms with Gasteiger partial charge in [-0.1, -0.05) is 82.9 Å². The number of aryl methyl sites for hydroxylation is 2. The van der Waals surface area contributed by atoms with Crippen molar-refractivity contribution in [3.63, 3.8) is 0 Å². The number of benzene rings is 4. The van der Waals surface area contributed by atoms with Gasteiger partial charge in [-0.2, -0.15) is 8.61 Å². The Hall–Kier alpha value is -4.73. The van der Waals surface area contributed by atoms with Crippen LogP contribution in [0.1, 0.15) is 24.0 Å². The third-order valence-corrected chi connectivity index (χ3v) is 20.2. The van der Waals surface area contributed by atoms with Crippen LogP contribution in [0.2, 0.25) is 10.0 Å². The van der Waals surface area contributed by atoms with E-state index in [9.17, 15) is 33.7 Å². The van der Waals surface area contributed by atoms with Crippen molar-refractivity contribution < 1.29 is 43.7 Å². The highest BCUT2D eigenvalue weighted by Gasteiger charge is 2.31. The van der Waals surface area contributed by atoms with Crippen molar-refractivity contribution in [3.05, 3.63) is 159 Å². The van der Waals surface area contributed by atoms with E-state index < -0.39 is 47.2 Å². The molecule has 4 aromatic carbocycles. The number of hydrogen-bond acceptors (Lipinski definition) is 12. The summed E-state index contributed by atoms with van der Waals surface area (Å²) in [7, 11) is -16.1. The predicted octanol–water partition coefficient (Wildman–Crippen LogP) is 6.90. The summed E-state index contributed by atoms with van der Waals surface area (Å²) in [4.78, 5) is 9.21. The zero-order valence-corrected chi connectivity index (χ0v) is 44.1. The van der Waals surface area contributed by atoms with Gasteiger partial charge in [-0.15, -0.1) is 0 Å². The van der Waals surface area contributed by atoms with Gasteiger partial charge in [0.2, 0.25) is 20.0 Å². The second kappa shape index (κ2) is 20.4. The average Bonchev–Trinajstić information content (AvgIpc) is 3.86. The molecule has 2 saturated heterocycles. The Labute approximate surface area is 429 Å². The van der Waals surface area contributed by atoms with Crippen LogP contribution in [-0.4, -0.2) is 104 Å². The minimum Gasteiger partial charge on any atom is -0.423 e. The number of nitrogens with zero attached hydrogens (tertiary/aromatic N) is 6. The molecule has 6 heterocycles. The number of aromatic nitrogens is 4. The molecule has 70 heavy (non-hydrogen) atoms. The number of hydrogen-bond donors (Lipinski definition) is 2. The maximum Gasteiger partial charge on any atom is 0.488 e. The smallest absolute Gasteiger partial charge is 0.423 e. The molecule has 16 nitrogen and oxygen atoms in total. The molecular formula is C46H42BCl2IN6O10S4. The van der Waals surface area contributed by atoms with Gasteiger partial charge in [0, 0.05) is 65.5 Å². The number of halogens is 3. The molecule has 24 heteroatoms. The third-order valence-electron chi connectivity index (χ3n) is 11.6. The lowest BCUT2D eigenvalue weighted by atomic mass is 9.81. The fourth-order valence-electron chi connectivity index (χ4n) is 7.34. The normalized spacial score (nSPS) is 14.5. The minimum absolute atomic E-state index is 0.134. The standard InChI is InChI=1S/C23H20ClN3O4S2.C14H10ClIN2O2S.C9H12BNO4S/c1-16-3-7-19(8-4-16)33(30,31)27-15-20(22-21(24)11-12-25-23(22)27)17-5-9-18(10-6-17)32(28,29)26-13-2-14-26;1-9-2-4-10(5-3-9)21(19,20)18-8-12(16)13-11(15)6-7-17-14(13)18;12-10(13)8-2-4-9(5-3-8)16(14,15)11-6-1-7-11/h3-12,15H,2,13-14H2,1H3;2-8H,1H3;2-5,12-13H,1,6-7H2.